The maximum Gasteiger partial charge on any atom is 0.372 e. The zero-order chi connectivity index (χ0) is 19.2. The van der Waals surface area contributed by atoms with Crippen LogP contribution in [0.3, 0.4) is 0 Å². The third kappa shape index (κ3) is 3.37. The number of aromatic nitrogens is 3. The standard InChI is InChI=1S/C15H16FN3O5P2/c1-25(20,21)15(16,26(22,23)24)6-10-4-12(8-17-7-10)11-2-3-14-13(5-11)9-18-19-14/h2-5,7-9H,6H2,1H3,(H,18,19)(H,20,21)(H2,22,23,24). The second-order valence-corrected chi connectivity index (χ2v) is 10.7. The van der Waals surface area contributed by atoms with Gasteiger partial charge in [0.25, 0.3) is 5.15 Å². The lowest BCUT2D eigenvalue weighted by atomic mass is 10.0. The van der Waals surface area contributed by atoms with Gasteiger partial charge in [-0.1, -0.05) is 6.07 Å². The molecule has 2 heterocycles. The Balaban J connectivity index is 2.01. The smallest absolute Gasteiger partial charge is 0.342 e. The van der Waals surface area contributed by atoms with E-state index in [1.165, 1.54) is 18.5 Å². The molecule has 8 nitrogen and oxygen atoms in total. The number of pyridine rings is 1. The predicted octanol–water partition coefficient (Wildman–Crippen LogP) is 2.87. The highest BCUT2D eigenvalue weighted by molar-refractivity contribution is 7.74. The molecule has 1 aromatic carbocycles. The van der Waals surface area contributed by atoms with Gasteiger partial charge in [0.2, 0.25) is 7.37 Å². The molecule has 0 spiro atoms. The van der Waals surface area contributed by atoms with Crippen molar-refractivity contribution in [1.29, 1.82) is 0 Å². The Morgan fingerprint density at radius 2 is 1.85 bits per heavy atom. The van der Waals surface area contributed by atoms with Gasteiger partial charge in [-0.15, -0.1) is 0 Å². The summed E-state index contributed by atoms with van der Waals surface area (Å²) in [7, 11) is -10.3. The summed E-state index contributed by atoms with van der Waals surface area (Å²) in [6, 6.07) is 6.88. The molecular weight excluding hydrogens is 383 g/mol. The number of H-pyrrole nitrogens is 1. The van der Waals surface area contributed by atoms with Gasteiger partial charge in [-0.2, -0.15) is 5.10 Å². The minimum atomic E-state index is -5.51. The van der Waals surface area contributed by atoms with Gasteiger partial charge in [-0.3, -0.25) is 19.2 Å². The maximum atomic E-state index is 14.9. The van der Waals surface area contributed by atoms with Crippen LogP contribution in [0, 0.1) is 0 Å². The number of rotatable bonds is 5. The van der Waals surface area contributed by atoms with E-state index in [1.807, 2.05) is 6.07 Å². The van der Waals surface area contributed by atoms with Crippen LogP contribution >= 0.6 is 15.0 Å². The summed E-state index contributed by atoms with van der Waals surface area (Å²) in [5.41, 5.74) is 2.23. The molecule has 11 heteroatoms. The van der Waals surface area contributed by atoms with Gasteiger partial charge in [0.1, 0.15) is 0 Å². The molecular formula is C15H16FN3O5P2. The van der Waals surface area contributed by atoms with Gasteiger partial charge >= 0.3 is 7.60 Å². The summed E-state index contributed by atoms with van der Waals surface area (Å²) in [5, 5.41) is 4.00. The molecule has 0 saturated heterocycles. The first-order valence-corrected chi connectivity index (χ1v) is 11.2. The van der Waals surface area contributed by atoms with E-state index >= 15 is 0 Å². The highest BCUT2D eigenvalue weighted by Crippen LogP contribution is 2.71. The summed E-state index contributed by atoms with van der Waals surface area (Å²) in [6.07, 6.45) is 3.41. The fraction of sp³-hybridized carbons (Fsp3) is 0.200. The summed E-state index contributed by atoms with van der Waals surface area (Å²) < 4.78 is 38.2. The van der Waals surface area contributed by atoms with E-state index in [-0.39, 0.29) is 5.56 Å². The van der Waals surface area contributed by atoms with E-state index in [0.717, 1.165) is 16.5 Å². The van der Waals surface area contributed by atoms with Crippen molar-refractivity contribution in [1.82, 2.24) is 15.2 Å². The zero-order valence-electron chi connectivity index (χ0n) is 13.6. The number of aromatic amines is 1. The second-order valence-electron chi connectivity index (χ2n) is 6.07. The van der Waals surface area contributed by atoms with Crippen molar-refractivity contribution in [2.45, 2.75) is 11.6 Å². The highest BCUT2D eigenvalue weighted by Gasteiger charge is 2.59. The van der Waals surface area contributed by atoms with Crippen molar-refractivity contribution in [2.75, 3.05) is 6.66 Å². The lowest BCUT2D eigenvalue weighted by molar-refractivity contribution is 0.251. The molecule has 2 unspecified atom stereocenters. The van der Waals surface area contributed by atoms with Crippen molar-refractivity contribution in [3.63, 3.8) is 0 Å². The fourth-order valence-electron chi connectivity index (χ4n) is 2.62. The van der Waals surface area contributed by atoms with Crippen LogP contribution in [0.5, 0.6) is 0 Å². The SMILES string of the molecule is CP(=O)(O)C(F)(Cc1cncc(-c2ccc3[nH]ncc3c2)c1)P(=O)(O)O. The number of alkyl halides is 1. The van der Waals surface area contributed by atoms with Crippen molar-refractivity contribution in [3.05, 3.63) is 48.4 Å². The van der Waals surface area contributed by atoms with E-state index in [9.17, 15) is 28.2 Å². The third-order valence-electron chi connectivity index (χ3n) is 4.08. The Morgan fingerprint density at radius 1 is 1.12 bits per heavy atom. The average Bonchev–Trinajstić information content (AvgIpc) is 3.00. The molecule has 2 atom stereocenters. The number of nitrogens with one attached hydrogen (secondary N) is 1. The Morgan fingerprint density at radius 3 is 2.50 bits per heavy atom. The van der Waals surface area contributed by atoms with Crippen LogP contribution in [0.4, 0.5) is 4.39 Å². The number of hydrogen-bond donors (Lipinski definition) is 4. The molecule has 4 N–H and O–H groups in total. The van der Waals surface area contributed by atoms with Crippen LogP contribution in [0.1, 0.15) is 5.56 Å². The van der Waals surface area contributed by atoms with E-state index in [2.05, 4.69) is 15.2 Å². The number of halogens is 1. The van der Waals surface area contributed by atoms with Gasteiger partial charge in [0, 0.05) is 36.4 Å². The largest absolute Gasteiger partial charge is 0.372 e. The first-order chi connectivity index (χ1) is 12.0. The minimum absolute atomic E-state index is 0.0942. The van der Waals surface area contributed by atoms with Crippen LogP contribution in [0.2, 0.25) is 0 Å². The van der Waals surface area contributed by atoms with E-state index < -0.39 is 26.5 Å². The Kier molecular flexibility index (Phi) is 4.63. The van der Waals surface area contributed by atoms with Crippen molar-refractivity contribution in [3.8, 4) is 11.1 Å². The molecule has 2 aromatic heterocycles. The number of hydrogen-bond acceptors (Lipinski definition) is 4. The molecule has 0 bridgehead atoms. The number of fused-ring (bicyclic) bond motifs is 1. The first kappa shape index (κ1) is 18.9. The predicted molar refractivity (Wildman–Crippen MR) is 94.7 cm³/mol. The van der Waals surface area contributed by atoms with E-state index in [4.69, 9.17) is 0 Å². The van der Waals surface area contributed by atoms with Crippen molar-refractivity contribution < 1.29 is 28.2 Å². The van der Waals surface area contributed by atoms with E-state index in [1.54, 1.807) is 18.3 Å². The Hall–Kier alpha value is -1.89. The molecule has 0 amide bonds. The Bertz CT molecular complexity index is 1040. The molecule has 0 saturated carbocycles. The summed E-state index contributed by atoms with van der Waals surface area (Å²) in [6.45, 7) is 0.593. The van der Waals surface area contributed by atoms with Crippen LogP contribution in [-0.4, -0.2) is 41.7 Å². The monoisotopic (exact) mass is 399 g/mol. The maximum absolute atomic E-state index is 14.9. The zero-order valence-corrected chi connectivity index (χ0v) is 15.4. The first-order valence-electron chi connectivity index (χ1n) is 7.44. The topological polar surface area (TPSA) is 136 Å². The van der Waals surface area contributed by atoms with Crippen LogP contribution < -0.4 is 0 Å². The Labute approximate surface area is 147 Å². The van der Waals surface area contributed by atoms with Gasteiger partial charge in [-0.25, -0.2) is 4.39 Å². The van der Waals surface area contributed by atoms with Crippen LogP contribution in [0.15, 0.2) is 42.9 Å². The fourth-order valence-corrected chi connectivity index (χ4v) is 5.41. The lowest BCUT2D eigenvalue weighted by Gasteiger charge is -2.28. The molecule has 3 aromatic rings. The van der Waals surface area contributed by atoms with Gasteiger partial charge in [0.15, 0.2) is 0 Å². The number of benzene rings is 1. The molecule has 3 rings (SSSR count). The molecule has 26 heavy (non-hydrogen) atoms. The molecule has 0 radical (unpaired) electrons. The molecule has 0 aliphatic rings. The van der Waals surface area contributed by atoms with Gasteiger partial charge < -0.3 is 14.7 Å². The van der Waals surface area contributed by atoms with E-state index in [0.29, 0.717) is 12.2 Å². The summed E-state index contributed by atoms with van der Waals surface area (Å²) in [5.74, 6) is 0. The van der Waals surface area contributed by atoms with Crippen molar-refractivity contribution in [2.24, 2.45) is 0 Å². The summed E-state index contributed by atoms with van der Waals surface area (Å²) >= 11 is 0. The normalized spacial score (nSPS) is 17.0. The van der Waals surface area contributed by atoms with Crippen LogP contribution in [0.25, 0.3) is 22.0 Å². The molecule has 0 fully saturated rings. The minimum Gasteiger partial charge on any atom is -0.342 e. The highest BCUT2D eigenvalue weighted by atomic mass is 31.2. The van der Waals surface area contributed by atoms with Gasteiger partial charge in [-0.05, 0) is 29.3 Å². The van der Waals surface area contributed by atoms with Gasteiger partial charge in [0.05, 0.1) is 11.7 Å². The molecule has 138 valence electrons. The second kappa shape index (κ2) is 6.37. The van der Waals surface area contributed by atoms with Crippen LogP contribution in [-0.2, 0) is 15.6 Å². The van der Waals surface area contributed by atoms with Crippen molar-refractivity contribution >= 4 is 25.9 Å². The average molecular weight is 399 g/mol. The molecule has 0 aliphatic carbocycles. The third-order valence-corrected chi connectivity index (χ3v) is 8.45. The lowest BCUT2D eigenvalue weighted by Crippen LogP contribution is -2.26. The summed E-state index contributed by atoms with van der Waals surface area (Å²) in [4.78, 5) is 32.1. The quantitative estimate of drug-likeness (QED) is 0.484. The molecule has 0 aliphatic heterocycles. The number of nitrogens with zero attached hydrogens (tertiary/aromatic N) is 2.